The number of carbonyl (C=O) groups is 1. The van der Waals surface area contributed by atoms with E-state index < -0.39 is 0 Å². The molecule has 2 rings (SSSR count). The molecule has 0 atom stereocenters. The molecule has 0 aliphatic heterocycles. The zero-order valence-electron chi connectivity index (χ0n) is 11.7. The van der Waals surface area contributed by atoms with Gasteiger partial charge in [0.15, 0.2) is 0 Å². The van der Waals surface area contributed by atoms with Gasteiger partial charge in [0.1, 0.15) is 0 Å². The maximum atomic E-state index is 11.9. The largest absolute Gasteiger partial charge is 0.398 e. The first-order valence-corrected chi connectivity index (χ1v) is 8.18. The minimum absolute atomic E-state index is 0.161. The van der Waals surface area contributed by atoms with Crippen LogP contribution in [0.5, 0.6) is 0 Å². The van der Waals surface area contributed by atoms with E-state index in [2.05, 4.69) is 26.4 Å². The number of hydrogen-bond donors (Lipinski definition) is 2. The van der Waals surface area contributed by atoms with E-state index in [4.69, 9.17) is 10.3 Å². The maximum absolute atomic E-state index is 11.9. The minimum Gasteiger partial charge on any atom is -0.398 e. The quantitative estimate of drug-likeness (QED) is 0.617. The van der Waals surface area contributed by atoms with E-state index in [0.29, 0.717) is 11.6 Å². The molecule has 0 aliphatic carbocycles. The van der Waals surface area contributed by atoms with Crippen molar-refractivity contribution in [3.8, 4) is 0 Å². The highest BCUT2D eigenvalue weighted by Crippen LogP contribution is 2.28. The highest BCUT2D eigenvalue weighted by atomic mass is 79.9. The first-order chi connectivity index (χ1) is 9.95. The fraction of sp³-hybridized carbons (Fsp3) is 0.286. The number of hydrogen-bond acceptors (Lipinski definition) is 5. The molecule has 2 aromatic rings. The van der Waals surface area contributed by atoms with Crippen molar-refractivity contribution in [3.63, 3.8) is 0 Å². The number of thioether (sulfide) groups is 1. The first-order valence-electron chi connectivity index (χ1n) is 6.40. The second-order valence-electron chi connectivity index (χ2n) is 4.79. The summed E-state index contributed by atoms with van der Waals surface area (Å²) in [7, 11) is 0. The smallest absolute Gasteiger partial charge is 0.237 e. The lowest BCUT2D eigenvalue weighted by Crippen LogP contribution is -2.13. The van der Waals surface area contributed by atoms with Gasteiger partial charge in [-0.3, -0.25) is 10.1 Å². The molecule has 21 heavy (non-hydrogen) atoms. The number of rotatable bonds is 5. The van der Waals surface area contributed by atoms with Crippen LogP contribution in [-0.2, 0) is 4.79 Å². The van der Waals surface area contributed by atoms with E-state index in [-0.39, 0.29) is 17.6 Å². The van der Waals surface area contributed by atoms with Gasteiger partial charge in [0.2, 0.25) is 11.8 Å². The van der Waals surface area contributed by atoms with Crippen molar-refractivity contribution in [1.82, 2.24) is 5.16 Å². The Balaban J connectivity index is 1.91. The Morgan fingerprint density at radius 3 is 2.90 bits per heavy atom. The van der Waals surface area contributed by atoms with Crippen LogP contribution in [0.2, 0.25) is 0 Å². The number of halogens is 1. The molecular formula is C14H16BrN3O2S. The number of nitrogens with two attached hydrogens (primary N) is 1. The highest BCUT2D eigenvalue weighted by molar-refractivity contribution is 9.10. The number of nitrogen functional groups attached to an aromatic ring is 1. The molecule has 1 aromatic carbocycles. The third kappa shape index (κ3) is 4.50. The van der Waals surface area contributed by atoms with Crippen molar-refractivity contribution >= 4 is 45.2 Å². The predicted octanol–water partition coefficient (Wildman–Crippen LogP) is 3.87. The zero-order chi connectivity index (χ0) is 15.4. The predicted molar refractivity (Wildman–Crippen MR) is 88.5 cm³/mol. The molecule has 1 heterocycles. The average molecular weight is 370 g/mol. The van der Waals surface area contributed by atoms with Crippen LogP contribution < -0.4 is 11.1 Å². The van der Waals surface area contributed by atoms with Crippen LogP contribution in [0.15, 0.2) is 38.2 Å². The van der Waals surface area contributed by atoms with Gasteiger partial charge in [0, 0.05) is 21.1 Å². The van der Waals surface area contributed by atoms with Crippen LogP contribution in [0.4, 0.5) is 11.6 Å². The summed E-state index contributed by atoms with van der Waals surface area (Å²) < 4.78 is 6.00. The summed E-state index contributed by atoms with van der Waals surface area (Å²) in [6.07, 6.45) is 0. The summed E-state index contributed by atoms with van der Waals surface area (Å²) in [6.45, 7) is 4.02. The SMILES string of the molecule is CC(C)c1cc(NC(=O)CSc2cc(Br)ccc2N)on1. The molecule has 0 saturated carbocycles. The van der Waals surface area contributed by atoms with Crippen molar-refractivity contribution < 1.29 is 9.32 Å². The summed E-state index contributed by atoms with van der Waals surface area (Å²) in [5.74, 6) is 0.714. The summed E-state index contributed by atoms with van der Waals surface area (Å²) in [5.41, 5.74) is 7.33. The highest BCUT2D eigenvalue weighted by Gasteiger charge is 2.11. The summed E-state index contributed by atoms with van der Waals surface area (Å²) in [5, 5.41) is 6.57. The second kappa shape index (κ2) is 7.00. The van der Waals surface area contributed by atoms with Crippen molar-refractivity contribution in [1.29, 1.82) is 0 Å². The fourth-order valence-electron chi connectivity index (χ4n) is 1.57. The van der Waals surface area contributed by atoms with E-state index in [1.165, 1.54) is 11.8 Å². The van der Waals surface area contributed by atoms with Gasteiger partial charge in [-0.1, -0.05) is 34.9 Å². The summed E-state index contributed by atoms with van der Waals surface area (Å²) >= 11 is 4.75. The van der Waals surface area contributed by atoms with Gasteiger partial charge in [-0.2, -0.15) is 0 Å². The Hall–Kier alpha value is -1.47. The molecular weight excluding hydrogens is 354 g/mol. The average Bonchev–Trinajstić information content (AvgIpc) is 2.88. The first kappa shape index (κ1) is 15.9. The fourth-order valence-corrected chi connectivity index (χ4v) is 2.89. The molecule has 0 saturated heterocycles. The number of amides is 1. The van der Waals surface area contributed by atoms with E-state index in [9.17, 15) is 4.79 Å². The van der Waals surface area contributed by atoms with E-state index in [0.717, 1.165) is 15.1 Å². The van der Waals surface area contributed by atoms with Gasteiger partial charge in [0.25, 0.3) is 0 Å². The lowest BCUT2D eigenvalue weighted by molar-refractivity contribution is -0.113. The second-order valence-corrected chi connectivity index (χ2v) is 6.72. The van der Waals surface area contributed by atoms with Gasteiger partial charge in [0.05, 0.1) is 11.4 Å². The van der Waals surface area contributed by atoms with Gasteiger partial charge in [-0.25, -0.2) is 0 Å². The Morgan fingerprint density at radius 1 is 1.48 bits per heavy atom. The Morgan fingerprint density at radius 2 is 2.24 bits per heavy atom. The maximum Gasteiger partial charge on any atom is 0.237 e. The lowest BCUT2D eigenvalue weighted by atomic mass is 10.1. The number of carbonyl (C=O) groups excluding carboxylic acids is 1. The number of benzene rings is 1. The van der Waals surface area contributed by atoms with Gasteiger partial charge >= 0.3 is 0 Å². The Labute approximate surface area is 135 Å². The molecule has 0 unspecified atom stereocenters. The molecule has 1 amide bonds. The van der Waals surface area contributed by atoms with Crippen molar-refractivity contribution in [2.75, 3.05) is 16.8 Å². The van der Waals surface area contributed by atoms with E-state index >= 15 is 0 Å². The lowest BCUT2D eigenvalue weighted by Gasteiger charge is -2.05. The van der Waals surface area contributed by atoms with Crippen LogP contribution in [0.25, 0.3) is 0 Å². The molecule has 0 radical (unpaired) electrons. The normalized spacial score (nSPS) is 10.9. The van der Waals surface area contributed by atoms with Gasteiger partial charge in [-0.05, 0) is 24.1 Å². The molecule has 3 N–H and O–H groups in total. The summed E-state index contributed by atoms with van der Waals surface area (Å²) in [6, 6.07) is 7.29. The van der Waals surface area contributed by atoms with Crippen molar-refractivity contribution in [3.05, 3.63) is 34.4 Å². The molecule has 0 aliphatic rings. The number of nitrogens with one attached hydrogen (secondary N) is 1. The molecule has 0 bridgehead atoms. The van der Waals surface area contributed by atoms with Crippen LogP contribution in [-0.4, -0.2) is 16.8 Å². The van der Waals surface area contributed by atoms with E-state index in [1.807, 2.05) is 26.0 Å². The molecule has 5 nitrogen and oxygen atoms in total. The van der Waals surface area contributed by atoms with Crippen molar-refractivity contribution in [2.45, 2.75) is 24.7 Å². The monoisotopic (exact) mass is 369 g/mol. The topological polar surface area (TPSA) is 81.2 Å². The van der Waals surface area contributed by atoms with Crippen LogP contribution in [0.1, 0.15) is 25.5 Å². The van der Waals surface area contributed by atoms with Crippen LogP contribution in [0.3, 0.4) is 0 Å². The van der Waals surface area contributed by atoms with Crippen molar-refractivity contribution in [2.24, 2.45) is 0 Å². The molecule has 0 spiro atoms. The minimum atomic E-state index is -0.161. The number of anilines is 2. The standard InChI is InChI=1S/C14H16BrN3O2S/c1-8(2)11-6-14(20-18-11)17-13(19)7-21-12-5-9(15)3-4-10(12)16/h3-6,8H,7,16H2,1-2H3,(H,17,19). The molecule has 1 aromatic heterocycles. The van der Waals surface area contributed by atoms with Crippen LogP contribution in [0, 0.1) is 0 Å². The van der Waals surface area contributed by atoms with E-state index in [1.54, 1.807) is 12.1 Å². The third-order valence-electron chi connectivity index (χ3n) is 2.72. The third-order valence-corrected chi connectivity index (χ3v) is 4.28. The zero-order valence-corrected chi connectivity index (χ0v) is 14.1. The summed E-state index contributed by atoms with van der Waals surface area (Å²) in [4.78, 5) is 12.7. The Bertz CT molecular complexity index is 643. The molecule has 7 heteroatoms. The van der Waals surface area contributed by atoms with Gasteiger partial charge in [-0.15, -0.1) is 11.8 Å². The molecule has 112 valence electrons. The van der Waals surface area contributed by atoms with Gasteiger partial charge < -0.3 is 10.3 Å². The number of nitrogens with zero attached hydrogens (tertiary/aromatic N) is 1. The molecule has 0 fully saturated rings. The Kier molecular flexibility index (Phi) is 5.30. The van der Waals surface area contributed by atoms with Crippen LogP contribution >= 0.6 is 27.7 Å². The number of aromatic nitrogens is 1.